The average Bonchev–Trinajstić information content (AvgIpc) is 2.51. The quantitative estimate of drug-likeness (QED) is 0.725. The van der Waals surface area contributed by atoms with Crippen LogP contribution in [0.15, 0.2) is 12.1 Å². The number of anilines is 1. The van der Waals surface area contributed by atoms with E-state index in [9.17, 15) is 9.59 Å². The molecule has 0 aromatic heterocycles. The lowest BCUT2D eigenvalue weighted by Gasteiger charge is -2.22. The Morgan fingerprint density at radius 1 is 1.00 bits per heavy atom. The van der Waals surface area contributed by atoms with Gasteiger partial charge in [0, 0.05) is 23.4 Å². The van der Waals surface area contributed by atoms with Gasteiger partial charge in [-0.05, 0) is 27.7 Å². The largest absolute Gasteiger partial charge is 0.493 e. The lowest BCUT2D eigenvalue weighted by Crippen LogP contribution is -2.51. The molecule has 0 aliphatic heterocycles. The molecule has 0 radical (unpaired) electrons. The number of benzene rings is 1. The van der Waals surface area contributed by atoms with E-state index in [1.165, 1.54) is 21.3 Å². The SMILES string of the molecule is COc1cc(NC(C)C(=O)NC(=O)NC(C)(C)C)cc(OC)c1OC. The van der Waals surface area contributed by atoms with Crippen molar-refractivity contribution >= 4 is 17.6 Å². The Labute approximate surface area is 148 Å². The number of hydrogen-bond acceptors (Lipinski definition) is 6. The second kappa shape index (κ2) is 8.46. The number of rotatable bonds is 6. The lowest BCUT2D eigenvalue weighted by atomic mass is 10.1. The van der Waals surface area contributed by atoms with E-state index >= 15 is 0 Å². The van der Waals surface area contributed by atoms with Gasteiger partial charge in [0.05, 0.1) is 21.3 Å². The molecule has 1 rings (SSSR count). The number of carbonyl (C=O) groups excluding carboxylic acids is 2. The number of imide groups is 1. The van der Waals surface area contributed by atoms with Gasteiger partial charge in [-0.1, -0.05) is 0 Å². The number of ether oxygens (including phenoxy) is 3. The number of hydrogen-bond donors (Lipinski definition) is 3. The fourth-order valence-corrected chi connectivity index (χ4v) is 2.07. The number of carbonyl (C=O) groups is 2. The molecule has 0 saturated heterocycles. The molecule has 3 N–H and O–H groups in total. The molecule has 1 atom stereocenters. The van der Waals surface area contributed by atoms with Crippen LogP contribution in [0.1, 0.15) is 27.7 Å². The summed E-state index contributed by atoms with van der Waals surface area (Å²) in [7, 11) is 4.53. The van der Waals surface area contributed by atoms with E-state index in [1.54, 1.807) is 19.1 Å². The fraction of sp³-hybridized carbons (Fsp3) is 0.529. The highest BCUT2D eigenvalue weighted by molar-refractivity contribution is 5.98. The summed E-state index contributed by atoms with van der Waals surface area (Å²) in [6.45, 7) is 7.13. The van der Waals surface area contributed by atoms with Gasteiger partial charge >= 0.3 is 6.03 Å². The minimum Gasteiger partial charge on any atom is -0.493 e. The minimum atomic E-state index is -0.659. The highest BCUT2D eigenvalue weighted by atomic mass is 16.5. The van der Waals surface area contributed by atoms with Gasteiger partial charge in [0.2, 0.25) is 11.7 Å². The van der Waals surface area contributed by atoms with E-state index in [0.717, 1.165) is 0 Å². The van der Waals surface area contributed by atoms with Crippen molar-refractivity contribution in [2.75, 3.05) is 26.6 Å². The maximum absolute atomic E-state index is 12.2. The standard InChI is InChI=1S/C17H27N3O5/c1-10(15(21)19-16(22)20-17(2,3)4)18-11-8-12(23-5)14(25-7)13(9-11)24-6/h8-10,18H,1-7H3,(H2,19,20,21,22). The second-order valence-electron chi connectivity index (χ2n) is 6.47. The third-order valence-corrected chi connectivity index (χ3v) is 3.17. The second-order valence-corrected chi connectivity index (χ2v) is 6.47. The molecular formula is C17H27N3O5. The third-order valence-electron chi connectivity index (χ3n) is 3.17. The molecule has 0 fully saturated rings. The topological polar surface area (TPSA) is 97.9 Å². The first-order valence-electron chi connectivity index (χ1n) is 7.80. The fourth-order valence-electron chi connectivity index (χ4n) is 2.07. The van der Waals surface area contributed by atoms with Crippen LogP contribution in [0.5, 0.6) is 17.2 Å². The first kappa shape index (κ1) is 20.4. The Morgan fingerprint density at radius 2 is 1.52 bits per heavy atom. The van der Waals surface area contributed by atoms with Crippen LogP contribution >= 0.6 is 0 Å². The summed E-state index contributed by atoms with van der Waals surface area (Å²) in [4.78, 5) is 23.9. The van der Waals surface area contributed by atoms with Crippen molar-refractivity contribution in [2.45, 2.75) is 39.3 Å². The lowest BCUT2D eigenvalue weighted by molar-refractivity contribution is -0.120. The first-order valence-corrected chi connectivity index (χ1v) is 7.80. The average molecular weight is 353 g/mol. The van der Waals surface area contributed by atoms with Crippen molar-refractivity contribution in [1.29, 1.82) is 0 Å². The molecule has 8 heteroatoms. The molecule has 1 aromatic carbocycles. The van der Waals surface area contributed by atoms with Gasteiger partial charge in [0.1, 0.15) is 6.04 Å². The Kier molecular flexibility index (Phi) is 6.90. The molecule has 25 heavy (non-hydrogen) atoms. The van der Waals surface area contributed by atoms with Crippen LogP contribution in [0.25, 0.3) is 0 Å². The maximum atomic E-state index is 12.2. The molecule has 0 saturated carbocycles. The predicted octanol–water partition coefficient (Wildman–Crippen LogP) is 2.14. The van der Waals surface area contributed by atoms with Gasteiger partial charge in [-0.2, -0.15) is 0 Å². The molecule has 0 bridgehead atoms. The summed E-state index contributed by atoms with van der Waals surface area (Å²) in [6, 6.07) is 2.16. The van der Waals surface area contributed by atoms with Crippen molar-refractivity contribution < 1.29 is 23.8 Å². The van der Waals surface area contributed by atoms with E-state index in [-0.39, 0.29) is 0 Å². The van der Waals surface area contributed by atoms with Crippen LogP contribution in [0.3, 0.4) is 0 Å². The summed E-state index contributed by atoms with van der Waals surface area (Å²) >= 11 is 0. The molecular weight excluding hydrogens is 326 g/mol. The van der Waals surface area contributed by atoms with Crippen LogP contribution in [-0.2, 0) is 4.79 Å². The molecule has 3 amide bonds. The van der Waals surface area contributed by atoms with Crippen LogP contribution < -0.4 is 30.2 Å². The van der Waals surface area contributed by atoms with Crippen LogP contribution in [0.2, 0.25) is 0 Å². The zero-order valence-corrected chi connectivity index (χ0v) is 15.8. The third kappa shape index (κ3) is 6.06. The van der Waals surface area contributed by atoms with Gasteiger partial charge in [-0.3, -0.25) is 10.1 Å². The van der Waals surface area contributed by atoms with Crippen LogP contribution in [0, 0.1) is 0 Å². The Hall–Kier alpha value is -2.64. The van der Waals surface area contributed by atoms with Gasteiger partial charge in [0.25, 0.3) is 0 Å². The van der Waals surface area contributed by atoms with Crippen molar-refractivity contribution in [3.63, 3.8) is 0 Å². The summed E-state index contributed by atoms with van der Waals surface area (Å²) < 4.78 is 15.8. The van der Waals surface area contributed by atoms with E-state index in [2.05, 4.69) is 16.0 Å². The Morgan fingerprint density at radius 3 is 1.92 bits per heavy atom. The van der Waals surface area contributed by atoms with Gasteiger partial charge in [-0.15, -0.1) is 0 Å². The summed E-state index contributed by atoms with van der Waals surface area (Å²) in [6.07, 6.45) is 0. The van der Waals surface area contributed by atoms with E-state index in [4.69, 9.17) is 14.2 Å². The smallest absolute Gasteiger partial charge is 0.321 e. The van der Waals surface area contributed by atoms with Gasteiger partial charge < -0.3 is 24.8 Å². The van der Waals surface area contributed by atoms with Crippen molar-refractivity contribution in [2.24, 2.45) is 0 Å². The number of amides is 3. The van der Waals surface area contributed by atoms with Crippen molar-refractivity contribution in [3.8, 4) is 17.2 Å². The van der Waals surface area contributed by atoms with Crippen molar-refractivity contribution in [3.05, 3.63) is 12.1 Å². The van der Waals surface area contributed by atoms with Crippen LogP contribution in [0.4, 0.5) is 10.5 Å². The van der Waals surface area contributed by atoms with Gasteiger partial charge in [0.15, 0.2) is 11.5 Å². The maximum Gasteiger partial charge on any atom is 0.321 e. The van der Waals surface area contributed by atoms with Crippen molar-refractivity contribution in [1.82, 2.24) is 10.6 Å². The number of urea groups is 1. The monoisotopic (exact) mass is 353 g/mol. The highest BCUT2D eigenvalue weighted by Gasteiger charge is 2.20. The zero-order valence-electron chi connectivity index (χ0n) is 15.8. The molecule has 1 aromatic rings. The molecule has 0 aliphatic carbocycles. The van der Waals surface area contributed by atoms with E-state index < -0.39 is 23.5 Å². The molecule has 0 aliphatic rings. The summed E-state index contributed by atoms with van der Waals surface area (Å²) in [5.41, 5.74) is 0.158. The molecule has 1 unspecified atom stereocenters. The molecule has 0 spiro atoms. The Balaban J connectivity index is 2.84. The highest BCUT2D eigenvalue weighted by Crippen LogP contribution is 2.40. The predicted molar refractivity (Wildman–Crippen MR) is 95.6 cm³/mol. The van der Waals surface area contributed by atoms with E-state index in [1.807, 2.05) is 20.8 Å². The number of nitrogens with one attached hydrogen (secondary N) is 3. The molecule has 140 valence electrons. The molecule has 0 heterocycles. The first-order chi connectivity index (χ1) is 11.6. The normalized spacial score (nSPS) is 12.0. The van der Waals surface area contributed by atoms with E-state index in [0.29, 0.717) is 22.9 Å². The Bertz CT molecular complexity index is 600. The number of methoxy groups -OCH3 is 3. The molecule has 8 nitrogen and oxygen atoms in total. The minimum absolute atomic E-state index is 0.433. The van der Waals surface area contributed by atoms with Crippen LogP contribution in [-0.4, -0.2) is 44.8 Å². The summed E-state index contributed by atoms with van der Waals surface area (Å²) in [5, 5.41) is 7.97. The zero-order chi connectivity index (χ0) is 19.2. The van der Waals surface area contributed by atoms with Gasteiger partial charge in [-0.25, -0.2) is 4.79 Å². The summed E-state index contributed by atoms with van der Waals surface area (Å²) in [5.74, 6) is 0.914.